The van der Waals surface area contributed by atoms with Crippen LogP contribution in [-0.4, -0.2) is 86.1 Å². The molecular weight excluding hydrogens is 484 g/mol. The molecule has 0 unspecified atom stereocenters. The van der Waals surface area contributed by atoms with E-state index in [0.29, 0.717) is 24.3 Å². The molecule has 0 radical (unpaired) electrons. The molecular formula is C30H41ClN4O2. The van der Waals surface area contributed by atoms with E-state index in [1.54, 1.807) is 7.11 Å². The molecule has 5 rings (SSSR count). The van der Waals surface area contributed by atoms with Crippen LogP contribution in [-0.2, 0) is 11.3 Å². The van der Waals surface area contributed by atoms with E-state index in [-0.39, 0.29) is 0 Å². The van der Waals surface area contributed by atoms with Crippen molar-refractivity contribution in [1.29, 1.82) is 0 Å². The minimum absolute atomic E-state index is 0.321. The van der Waals surface area contributed by atoms with Gasteiger partial charge >= 0.3 is 0 Å². The van der Waals surface area contributed by atoms with E-state index in [4.69, 9.17) is 16.3 Å². The van der Waals surface area contributed by atoms with Crippen molar-refractivity contribution < 1.29 is 9.53 Å². The van der Waals surface area contributed by atoms with E-state index in [9.17, 15) is 4.79 Å². The average molecular weight is 525 g/mol. The highest BCUT2D eigenvalue weighted by atomic mass is 35.5. The standard InChI is InChI=1S/C30H41ClN4O2/c1-37-28-10-8-27(9-11-28)33-17-19-35(20-18-33)30(36)12-7-25-23-32(22-24-5-4-6-26(31)21-24)16-13-29(25)34-14-2-3-15-34/h4-6,8-11,21,25,29H,2-3,7,12-20,22-23H2,1H3/t25-,29+/m0/s1. The van der Waals surface area contributed by atoms with Crippen LogP contribution in [0.1, 0.15) is 37.7 Å². The topological polar surface area (TPSA) is 39.3 Å². The first-order chi connectivity index (χ1) is 18.1. The normalized spacial score (nSPS) is 23.4. The van der Waals surface area contributed by atoms with Crippen molar-refractivity contribution >= 4 is 23.2 Å². The number of amides is 1. The molecule has 2 aromatic rings. The van der Waals surface area contributed by atoms with Crippen LogP contribution in [0.3, 0.4) is 0 Å². The number of carbonyl (C=O) groups excluding carboxylic acids is 1. The van der Waals surface area contributed by atoms with E-state index >= 15 is 0 Å². The van der Waals surface area contributed by atoms with Gasteiger partial charge in [-0.25, -0.2) is 0 Å². The minimum Gasteiger partial charge on any atom is -0.497 e. The van der Waals surface area contributed by atoms with Gasteiger partial charge in [0, 0.05) is 62.4 Å². The Hall–Kier alpha value is -2.28. The van der Waals surface area contributed by atoms with Gasteiger partial charge in [-0.15, -0.1) is 0 Å². The monoisotopic (exact) mass is 524 g/mol. The van der Waals surface area contributed by atoms with E-state index in [1.165, 1.54) is 43.6 Å². The lowest BCUT2D eigenvalue weighted by molar-refractivity contribution is -0.132. The predicted molar refractivity (Wildman–Crippen MR) is 150 cm³/mol. The third-order valence-corrected chi connectivity index (χ3v) is 8.72. The Balaban J connectivity index is 1.14. The number of methoxy groups -OCH3 is 1. The fourth-order valence-corrected chi connectivity index (χ4v) is 6.66. The first-order valence-corrected chi connectivity index (χ1v) is 14.3. The summed E-state index contributed by atoms with van der Waals surface area (Å²) in [5.74, 6) is 1.73. The zero-order valence-corrected chi connectivity index (χ0v) is 22.9. The Morgan fingerprint density at radius 1 is 0.973 bits per heavy atom. The number of anilines is 1. The lowest BCUT2D eigenvalue weighted by Crippen LogP contribution is -2.51. The summed E-state index contributed by atoms with van der Waals surface area (Å²) in [6, 6.07) is 17.1. The number of piperidine rings is 1. The van der Waals surface area contributed by atoms with Gasteiger partial charge in [0.25, 0.3) is 0 Å². The molecule has 0 bridgehead atoms. The number of halogens is 1. The van der Waals surface area contributed by atoms with Gasteiger partial charge < -0.3 is 19.4 Å². The maximum atomic E-state index is 13.3. The van der Waals surface area contributed by atoms with Crippen molar-refractivity contribution in [2.24, 2.45) is 5.92 Å². The van der Waals surface area contributed by atoms with Crippen LogP contribution < -0.4 is 9.64 Å². The Labute approximate surface area is 227 Å². The number of hydrogen-bond donors (Lipinski definition) is 0. The second-order valence-electron chi connectivity index (χ2n) is 10.8. The molecule has 3 heterocycles. The molecule has 2 atom stereocenters. The van der Waals surface area contributed by atoms with Crippen molar-refractivity contribution in [1.82, 2.24) is 14.7 Å². The maximum Gasteiger partial charge on any atom is 0.222 e. The van der Waals surface area contributed by atoms with E-state index in [1.807, 2.05) is 24.3 Å². The van der Waals surface area contributed by atoms with Crippen LogP contribution in [0.25, 0.3) is 0 Å². The molecule has 3 aliphatic heterocycles. The number of hydrogen-bond acceptors (Lipinski definition) is 5. The smallest absolute Gasteiger partial charge is 0.222 e. The molecule has 7 heteroatoms. The molecule has 0 saturated carbocycles. The largest absolute Gasteiger partial charge is 0.497 e. The fraction of sp³-hybridized carbons (Fsp3) is 0.567. The number of likely N-dealkylation sites (tertiary alicyclic amines) is 2. The first kappa shape index (κ1) is 26.3. The Morgan fingerprint density at radius 2 is 1.73 bits per heavy atom. The SMILES string of the molecule is COc1ccc(N2CCN(C(=O)CC[C@H]3CN(Cc4cccc(Cl)c4)CC[C@H]3N3CCCC3)CC2)cc1. The summed E-state index contributed by atoms with van der Waals surface area (Å²) in [5, 5.41) is 0.804. The predicted octanol–water partition coefficient (Wildman–Crippen LogP) is 4.76. The number of piperazine rings is 1. The first-order valence-electron chi connectivity index (χ1n) is 14.0. The van der Waals surface area contributed by atoms with Gasteiger partial charge in [-0.05, 0) is 93.2 Å². The molecule has 0 aliphatic carbocycles. The number of benzene rings is 2. The highest BCUT2D eigenvalue weighted by Gasteiger charge is 2.35. The second kappa shape index (κ2) is 12.5. The van der Waals surface area contributed by atoms with Crippen molar-refractivity contribution in [3.8, 4) is 5.75 Å². The van der Waals surface area contributed by atoms with E-state index in [0.717, 1.165) is 63.0 Å². The van der Waals surface area contributed by atoms with Crippen LogP contribution >= 0.6 is 11.6 Å². The number of ether oxygens (including phenoxy) is 1. The van der Waals surface area contributed by atoms with Crippen LogP contribution in [0, 0.1) is 5.92 Å². The van der Waals surface area contributed by atoms with Gasteiger partial charge in [-0.2, -0.15) is 0 Å². The molecule has 3 fully saturated rings. The quantitative estimate of drug-likeness (QED) is 0.497. The molecule has 200 valence electrons. The molecule has 0 N–H and O–H groups in total. The average Bonchev–Trinajstić information content (AvgIpc) is 3.47. The second-order valence-corrected chi connectivity index (χ2v) is 11.3. The fourth-order valence-electron chi connectivity index (χ4n) is 6.44. The lowest BCUT2D eigenvalue weighted by Gasteiger charge is -2.43. The maximum absolute atomic E-state index is 13.3. The summed E-state index contributed by atoms with van der Waals surface area (Å²) in [4.78, 5) is 23.0. The third kappa shape index (κ3) is 6.78. The third-order valence-electron chi connectivity index (χ3n) is 8.48. The van der Waals surface area contributed by atoms with Crippen molar-refractivity contribution in [3.05, 3.63) is 59.1 Å². The Morgan fingerprint density at radius 3 is 2.43 bits per heavy atom. The Kier molecular flexibility index (Phi) is 8.90. The van der Waals surface area contributed by atoms with Crippen LogP contribution in [0.5, 0.6) is 5.75 Å². The molecule has 2 aromatic carbocycles. The minimum atomic E-state index is 0.321. The molecule has 37 heavy (non-hydrogen) atoms. The highest BCUT2D eigenvalue weighted by molar-refractivity contribution is 6.30. The summed E-state index contributed by atoms with van der Waals surface area (Å²) in [6.07, 6.45) is 5.45. The molecule has 6 nitrogen and oxygen atoms in total. The molecule has 1 amide bonds. The Bertz CT molecular complexity index is 1020. The summed E-state index contributed by atoms with van der Waals surface area (Å²) < 4.78 is 5.28. The van der Waals surface area contributed by atoms with Gasteiger partial charge in [0.1, 0.15) is 5.75 Å². The van der Waals surface area contributed by atoms with Gasteiger partial charge in [0.05, 0.1) is 7.11 Å². The highest BCUT2D eigenvalue weighted by Crippen LogP contribution is 2.30. The lowest BCUT2D eigenvalue weighted by atomic mass is 9.86. The zero-order chi connectivity index (χ0) is 25.6. The van der Waals surface area contributed by atoms with Gasteiger partial charge in [-0.1, -0.05) is 23.7 Å². The van der Waals surface area contributed by atoms with Gasteiger partial charge in [0.2, 0.25) is 5.91 Å². The summed E-state index contributed by atoms with van der Waals surface area (Å²) in [5.41, 5.74) is 2.47. The van der Waals surface area contributed by atoms with Crippen molar-refractivity contribution in [2.75, 3.05) is 64.4 Å². The van der Waals surface area contributed by atoms with Crippen LogP contribution in [0.15, 0.2) is 48.5 Å². The van der Waals surface area contributed by atoms with Gasteiger partial charge in [0.15, 0.2) is 0 Å². The van der Waals surface area contributed by atoms with Crippen molar-refractivity contribution in [2.45, 2.75) is 44.7 Å². The zero-order valence-electron chi connectivity index (χ0n) is 22.2. The van der Waals surface area contributed by atoms with Crippen LogP contribution in [0.4, 0.5) is 5.69 Å². The summed E-state index contributed by atoms with van der Waals surface area (Å²) >= 11 is 6.24. The number of nitrogens with zero attached hydrogens (tertiary/aromatic N) is 4. The molecule has 0 spiro atoms. The molecule has 3 saturated heterocycles. The van der Waals surface area contributed by atoms with E-state index < -0.39 is 0 Å². The van der Waals surface area contributed by atoms with E-state index in [2.05, 4.69) is 43.9 Å². The van der Waals surface area contributed by atoms with Crippen molar-refractivity contribution in [3.63, 3.8) is 0 Å². The molecule has 3 aliphatic rings. The summed E-state index contributed by atoms with van der Waals surface area (Å²) in [7, 11) is 1.69. The number of rotatable bonds is 8. The summed E-state index contributed by atoms with van der Waals surface area (Å²) in [6.45, 7) is 8.91. The van der Waals surface area contributed by atoms with Gasteiger partial charge in [-0.3, -0.25) is 9.69 Å². The molecule has 0 aromatic heterocycles. The number of carbonyl (C=O) groups is 1. The van der Waals surface area contributed by atoms with Crippen LogP contribution in [0.2, 0.25) is 5.02 Å².